The molecular formula is C22H22F2N4O4. The fourth-order valence-corrected chi connectivity index (χ4v) is 3.99. The van der Waals surface area contributed by atoms with Crippen molar-refractivity contribution in [1.82, 2.24) is 9.88 Å². The first-order chi connectivity index (χ1) is 15.4. The number of halogens is 2. The predicted molar refractivity (Wildman–Crippen MR) is 110 cm³/mol. The molecule has 0 unspecified atom stereocenters. The van der Waals surface area contributed by atoms with Crippen molar-refractivity contribution in [2.75, 3.05) is 19.4 Å². The molecule has 1 fully saturated rings. The van der Waals surface area contributed by atoms with Crippen LogP contribution in [0.4, 0.5) is 14.6 Å². The van der Waals surface area contributed by atoms with E-state index in [0.29, 0.717) is 24.2 Å². The van der Waals surface area contributed by atoms with Crippen LogP contribution in [0.3, 0.4) is 0 Å². The Morgan fingerprint density at radius 3 is 2.62 bits per heavy atom. The Labute approximate surface area is 183 Å². The van der Waals surface area contributed by atoms with Crippen LogP contribution in [0.2, 0.25) is 0 Å². The maximum absolute atomic E-state index is 15.1. The summed E-state index contributed by atoms with van der Waals surface area (Å²) < 4.78 is 34.8. The molecule has 1 amide bonds. The van der Waals surface area contributed by atoms with Crippen LogP contribution in [0.15, 0.2) is 12.1 Å². The van der Waals surface area contributed by atoms with Crippen LogP contribution in [0.1, 0.15) is 36.1 Å². The minimum absolute atomic E-state index is 0.00229. The number of carbonyl (C=O) groups is 2. The Kier molecular flexibility index (Phi) is 6.88. The number of carboxylic acid groups (broad SMARTS) is 1. The number of fused-ring (bicyclic) bond motifs is 1. The number of pyridine rings is 1. The summed E-state index contributed by atoms with van der Waals surface area (Å²) >= 11 is 0. The number of nitrogens with two attached hydrogens (primary N) is 1. The Balaban J connectivity index is 0.000000913. The number of amides is 1. The monoisotopic (exact) mass is 444 g/mol. The van der Waals surface area contributed by atoms with Crippen molar-refractivity contribution in [2.45, 2.75) is 32.2 Å². The van der Waals surface area contributed by atoms with Crippen molar-refractivity contribution >= 4 is 18.2 Å². The number of anilines is 1. The van der Waals surface area contributed by atoms with Crippen molar-refractivity contribution in [1.29, 1.82) is 5.26 Å². The lowest BCUT2D eigenvalue weighted by atomic mass is 9.83. The smallest absolute Gasteiger partial charge is 0.290 e. The van der Waals surface area contributed by atoms with Gasteiger partial charge in [0.25, 0.3) is 6.47 Å². The maximum Gasteiger partial charge on any atom is 0.290 e. The fourth-order valence-electron chi connectivity index (χ4n) is 3.99. The van der Waals surface area contributed by atoms with Gasteiger partial charge in [0.05, 0.1) is 18.4 Å². The van der Waals surface area contributed by atoms with E-state index in [4.69, 9.17) is 20.4 Å². The summed E-state index contributed by atoms with van der Waals surface area (Å²) in [6.45, 7) is 0.348. The van der Waals surface area contributed by atoms with E-state index in [2.05, 4.69) is 4.98 Å². The molecule has 1 saturated carbocycles. The molecule has 1 aliphatic heterocycles. The SMILES string of the molecule is COc1ccc(F)c(-c2c(C#N)c(N)nc3c2CN(C(=O)C2CCC2)CC3)c1F.O=CO. The van der Waals surface area contributed by atoms with Gasteiger partial charge in [0.1, 0.15) is 23.3 Å². The molecule has 8 nitrogen and oxygen atoms in total. The van der Waals surface area contributed by atoms with Crippen LogP contribution in [0.25, 0.3) is 11.1 Å². The average Bonchev–Trinajstić information content (AvgIpc) is 2.73. The van der Waals surface area contributed by atoms with E-state index in [1.54, 1.807) is 4.90 Å². The molecule has 0 spiro atoms. The normalized spacial score (nSPS) is 14.9. The number of rotatable bonds is 3. The minimum atomic E-state index is -0.917. The van der Waals surface area contributed by atoms with Gasteiger partial charge in [0, 0.05) is 36.6 Å². The second-order valence-corrected chi connectivity index (χ2v) is 7.47. The molecule has 1 aliphatic carbocycles. The third-order valence-corrected chi connectivity index (χ3v) is 5.78. The molecule has 2 heterocycles. The summed E-state index contributed by atoms with van der Waals surface area (Å²) in [6.07, 6.45) is 3.15. The van der Waals surface area contributed by atoms with Crippen molar-refractivity contribution in [3.8, 4) is 22.9 Å². The maximum atomic E-state index is 15.1. The molecule has 168 valence electrons. The molecule has 2 aliphatic rings. The molecule has 10 heteroatoms. The predicted octanol–water partition coefficient (Wildman–Crippen LogP) is 2.87. The van der Waals surface area contributed by atoms with E-state index in [0.717, 1.165) is 25.3 Å². The highest BCUT2D eigenvalue weighted by atomic mass is 19.1. The van der Waals surface area contributed by atoms with Crippen LogP contribution in [-0.2, 0) is 22.6 Å². The number of carbonyl (C=O) groups excluding carboxylic acids is 1. The van der Waals surface area contributed by atoms with Gasteiger partial charge in [-0.15, -0.1) is 0 Å². The molecule has 0 atom stereocenters. The number of hydrogen-bond acceptors (Lipinski definition) is 6. The first-order valence-electron chi connectivity index (χ1n) is 9.98. The fraction of sp³-hybridized carbons (Fsp3) is 0.364. The lowest BCUT2D eigenvalue weighted by Crippen LogP contribution is -2.42. The molecule has 0 saturated heterocycles. The summed E-state index contributed by atoms with van der Waals surface area (Å²) in [6, 6.07) is 4.20. The lowest BCUT2D eigenvalue weighted by Gasteiger charge is -2.35. The zero-order chi connectivity index (χ0) is 23.4. The molecule has 1 aromatic heterocycles. The first-order valence-corrected chi connectivity index (χ1v) is 9.98. The van der Waals surface area contributed by atoms with Crippen LogP contribution >= 0.6 is 0 Å². The zero-order valence-electron chi connectivity index (χ0n) is 17.4. The van der Waals surface area contributed by atoms with Crippen LogP contribution < -0.4 is 10.5 Å². The number of aromatic nitrogens is 1. The first kappa shape index (κ1) is 22.9. The van der Waals surface area contributed by atoms with Gasteiger partial charge >= 0.3 is 0 Å². The van der Waals surface area contributed by atoms with E-state index in [-0.39, 0.29) is 53.1 Å². The van der Waals surface area contributed by atoms with Crippen LogP contribution in [0, 0.1) is 28.9 Å². The van der Waals surface area contributed by atoms with Crippen molar-refractivity contribution < 1.29 is 28.2 Å². The highest BCUT2D eigenvalue weighted by molar-refractivity contribution is 5.83. The van der Waals surface area contributed by atoms with Gasteiger partial charge in [-0.25, -0.2) is 13.8 Å². The number of nitrogen functional groups attached to an aromatic ring is 1. The topological polar surface area (TPSA) is 130 Å². The van der Waals surface area contributed by atoms with E-state index in [1.807, 2.05) is 6.07 Å². The summed E-state index contributed by atoms with van der Waals surface area (Å²) in [4.78, 5) is 27.1. The number of nitrogens with zero attached hydrogens (tertiary/aromatic N) is 3. The summed E-state index contributed by atoms with van der Waals surface area (Å²) in [5.41, 5.74) is 6.52. The molecule has 4 rings (SSSR count). The Bertz CT molecular complexity index is 1100. The molecule has 3 N–H and O–H groups in total. The molecule has 1 aromatic carbocycles. The number of methoxy groups -OCH3 is 1. The van der Waals surface area contributed by atoms with Gasteiger partial charge in [0.15, 0.2) is 11.6 Å². The number of hydrogen-bond donors (Lipinski definition) is 2. The summed E-state index contributed by atoms with van der Waals surface area (Å²) in [5, 5.41) is 16.5. The summed E-state index contributed by atoms with van der Waals surface area (Å²) in [7, 11) is 1.28. The standard InChI is InChI=1S/C21H20F2N4O2.CH2O2/c1-29-16-6-5-14(22)18(19(16)23)17-12(9-24)20(25)26-15-7-8-27(10-13(15)17)21(28)11-3-2-4-11;2-1-3/h5-6,11H,2-4,7-8,10H2,1H3,(H2,25,26);1H,(H,2,3). The van der Waals surface area contributed by atoms with Gasteiger partial charge in [-0.3, -0.25) is 9.59 Å². The van der Waals surface area contributed by atoms with E-state index < -0.39 is 11.6 Å². The molecule has 2 aromatic rings. The van der Waals surface area contributed by atoms with Crippen molar-refractivity contribution in [3.05, 3.63) is 40.6 Å². The van der Waals surface area contributed by atoms with Gasteiger partial charge in [-0.05, 0) is 25.0 Å². The second-order valence-electron chi connectivity index (χ2n) is 7.47. The van der Waals surface area contributed by atoms with E-state index in [1.165, 1.54) is 13.2 Å². The molecular weight excluding hydrogens is 422 g/mol. The van der Waals surface area contributed by atoms with Gasteiger partial charge in [-0.1, -0.05) is 6.42 Å². The highest BCUT2D eigenvalue weighted by Crippen LogP contribution is 2.40. The molecule has 32 heavy (non-hydrogen) atoms. The average molecular weight is 444 g/mol. The quantitative estimate of drug-likeness (QED) is 0.696. The van der Waals surface area contributed by atoms with Crippen LogP contribution in [0.5, 0.6) is 5.75 Å². The van der Waals surface area contributed by atoms with E-state index in [9.17, 15) is 14.4 Å². The van der Waals surface area contributed by atoms with Crippen LogP contribution in [-0.4, -0.2) is 41.0 Å². The minimum Gasteiger partial charge on any atom is -0.494 e. The number of nitriles is 1. The molecule has 0 radical (unpaired) electrons. The Morgan fingerprint density at radius 1 is 1.38 bits per heavy atom. The van der Waals surface area contributed by atoms with Gasteiger partial charge in [-0.2, -0.15) is 5.26 Å². The van der Waals surface area contributed by atoms with Gasteiger partial charge in [0.2, 0.25) is 5.91 Å². The highest BCUT2D eigenvalue weighted by Gasteiger charge is 2.34. The summed E-state index contributed by atoms with van der Waals surface area (Å²) in [5.74, 6) is -1.94. The Morgan fingerprint density at radius 2 is 2.06 bits per heavy atom. The van der Waals surface area contributed by atoms with Gasteiger partial charge < -0.3 is 20.5 Å². The Hall–Kier alpha value is -3.74. The second kappa shape index (κ2) is 9.60. The van der Waals surface area contributed by atoms with Crippen molar-refractivity contribution in [2.24, 2.45) is 5.92 Å². The van der Waals surface area contributed by atoms with E-state index >= 15 is 4.39 Å². The third kappa shape index (κ3) is 4.06. The van der Waals surface area contributed by atoms with Crippen molar-refractivity contribution in [3.63, 3.8) is 0 Å². The number of benzene rings is 1. The third-order valence-electron chi connectivity index (χ3n) is 5.78. The number of ether oxygens (including phenoxy) is 1. The molecule has 0 bridgehead atoms. The zero-order valence-corrected chi connectivity index (χ0v) is 17.4. The lowest BCUT2D eigenvalue weighted by molar-refractivity contribution is -0.139. The largest absolute Gasteiger partial charge is 0.494 e.